The molecule has 0 saturated heterocycles. The van der Waals surface area contributed by atoms with E-state index in [0.717, 1.165) is 9.35 Å². The number of hydrogen-bond acceptors (Lipinski definition) is 8. The van der Waals surface area contributed by atoms with Crippen LogP contribution in [0.5, 0.6) is 11.5 Å². The molecule has 3 aromatic rings. The van der Waals surface area contributed by atoms with Gasteiger partial charge in [-0.15, -0.1) is 10.2 Å². The fourth-order valence-corrected chi connectivity index (χ4v) is 4.33. The summed E-state index contributed by atoms with van der Waals surface area (Å²) in [5.41, 5.74) is 1.12. The Labute approximate surface area is 175 Å². The number of carbonyl (C=O) groups excluding carboxylic acids is 1. The minimum atomic E-state index is -0.233. The Hall–Kier alpha value is -2.85. The number of hydrogen-bond donors (Lipinski definition) is 1. The highest BCUT2D eigenvalue weighted by molar-refractivity contribution is 8.00. The van der Waals surface area contributed by atoms with Crippen molar-refractivity contribution in [3.8, 4) is 11.5 Å². The van der Waals surface area contributed by atoms with E-state index in [1.807, 2.05) is 6.92 Å². The predicted molar refractivity (Wildman–Crippen MR) is 113 cm³/mol. The minimum Gasteiger partial charge on any atom is -0.497 e. The molecule has 152 valence electrons. The monoisotopic (exact) mass is 432 g/mol. The summed E-state index contributed by atoms with van der Waals surface area (Å²) in [5, 5.41) is 11.8. The number of nitrogens with zero attached hydrogens (tertiary/aromatic N) is 3. The molecular formula is C19H20N4O4S2. The largest absolute Gasteiger partial charge is 0.497 e. The number of benzene rings is 1. The molecule has 8 nitrogen and oxygen atoms in total. The van der Waals surface area contributed by atoms with Crippen molar-refractivity contribution in [3.05, 3.63) is 57.5 Å². The van der Waals surface area contributed by atoms with E-state index in [4.69, 9.17) is 9.47 Å². The molecule has 0 radical (unpaired) electrons. The Morgan fingerprint density at radius 3 is 2.59 bits per heavy atom. The van der Waals surface area contributed by atoms with Gasteiger partial charge in [0.15, 0.2) is 10.1 Å². The number of thioether (sulfide) groups is 1. The molecule has 2 aromatic heterocycles. The standard InChI is InChI=1S/C19H20N4O4S2/c1-12-21-22-19(29-12)28-11-14-8-16(24)17(27-3)9-23(14)10-18(25)20-13-4-6-15(26-2)7-5-13/h4-9H,10-11H2,1-3H3,(H,20,25). The van der Waals surface area contributed by atoms with E-state index in [0.29, 0.717) is 22.9 Å². The lowest BCUT2D eigenvalue weighted by atomic mass is 10.3. The van der Waals surface area contributed by atoms with Crippen LogP contribution in [0.3, 0.4) is 0 Å². The maximum atomic E-state index is 12.5. The topological polar surface area (TPSA) is 95.3 Å². The van der Waals surface area contributed by atoms with Crippen LogP contribution in [0.2, 0.25) is 0 Å². The first-order chi connectivity index (χ1) is 14.0. The molecule has 0 aliphatic heterocycles. The summed E-state index contributed by atoms with van der Waals surface area (Å²) < 4.78 is 12.8. The fraction of sp³-hybridized carbons (Fsp3) is 0.263. The molecule has 10 heteroatoms. The first-order valence-corrected chi connectivity index (χ1v) is 10.4. The van der Waals surface area contributed by atoms with Crippen LogP contribution in [0.1, 0.15) is 10.7 Å². The number of aromatic nitrogens is 3. The molecule has 29 heavy (non-hydrogen) atoms. The highest BCUT2D eigenvalue weighted by atomic mass is 32.2. The summed E-state index contributed by atoms with van der Waals surface area (Å²) in [6.45, 7) is 1.92. The summed E-state index contributed by atoms with van der Waals surface area (Å²) in [4.78, 5) is 24.7. The molecule has 0 saturated carbocycles. The van der Waals surface area contributed by atoms with Crippen LogP contribution in [-0.2, 0) is 17.1 Å². The number of aryl methyl sites for hydroxylation is 1. The van der Waals surface area contributed by atoms with Crippen molar-refractivity contribution < 1.29 is 14.3 Å². The summed E-state index contributed by atoms with van der Waals surface area (Å²) in [6, 6.07) is 8.54. The molecule has 0 aliphatic rings. The van der Waals surface area contributed by atoms with Gasteiger partial charge in [0, 0.05) is 23.2 Å². The molecule has 0 aliphatic carbocycles. The van der Waals surface area contributed by atoms with Crippen molar-refractivity contribution in [2.75, 3.05) is 19.5 Å². The van der Waals surface area contributed by atoms with Crippen LogP contribution in [0, 0.1) is 6.92 Å². The van der Waals surface area contributed by atoms with Gasteiger partial charge >= 0.3 is 0 Å². The fourth-order valence-electron chi connectivity index (χ4n) is 2.52. The van der Waals surface area contributed by atoms with Gasteiger partial charge in [0.05, 0.1) is 20.4 Å². The normalized spacial score (nSPS) is 10.6. The lowest BCUT2D eigenvalue weighted by Crippen LogP contribution is -2.22. The third kappa shape index (κ3) is 5.58. The van der Waals surface area contributed by atoms with Gasteiger partial charge in [-0.05, 0) is 31.2 Å². The lowest BCUT2D eigenvalue weighted by Gasteiger charge is -2.14. The smallest absolute Gasteiger partial charge is 0.244 e. The molecule has 3 rings (SSSR count). The number of ether oxygens (including phenoxy) is 2. The zero-order chi connectivity index (χ0) is 20.8. The maximum Gasteiger partial charge on any atom is 0.244 e. The van der Waals surface area contributed by atoms with E-state index in [1.165, 1.54) is 36.3 Å². The summed E-state index contributed by atoms with van der Waals surface area (Å²) in [7, 11) is 3.01. The van der Waals surface area contributed by atoms with Crippen LogP contribution >= 0.6 is 23.1 Å². The SMILES string of the molecule is COc1ccc(NC(=O)Cn2cc(OC)c(=O)cc2CSc2nnc(C)s2)cc1. The van der Waals surface area contributed by atoms with Crippen LogP contribution in [0.15, 0.2) is 45.7 Å². The third-order valence-corrected chi connectivity index (χ3v) is 5.95. The zero-order valence-corrected chi connectivity index (χ0v) is 17.8. The highest BCUT2D eigenvalue weighted by Gasteiger charge is 2.12. The van der Waals surface area contributed by atoms with Crippen molar-refractivity contribution in [2.45, 2.75) is 23.6 Å². The predicted octanol–water partition coefficient (Wildman–Crippen LogP) is 2.96. The average Bonchev–Trinajstić information content (AvgIpc) is 3.13. The molecular weight excluding hydrogens is 412 g/mol. The van der Waals surface area contributed by atoms with Gasteiger partial charge in [-0.25, -0.2) is 0 Å². The number of carbonyl (C=O) groups is 1. The lowest BCUT2D eigenvalue weighted by molar-refractivity contribution is -0.116. The van der Waals surface area contributed by atoms with Gasteiger partial charge in [0.2, 0.25) is 11.3 Å². The molecule has 1 amide bonds. The summed E-state index contributed by atoms with van der Waals surface area (Å²) in [5.74, 6) is 1.14. The van der Waals surface area contributed by atoms with Gasteiger partial charge in [-0.3, -0.25) is 9.59 Å². The molecule has 2 heterocycles. The molecule has 0 atom stereocenters. The van der Waals surface area contributed by atoms with Crippen molar-refractivity contribution in [1.29, 1.82) is 0 Å². The van der Waals surface area contributed by atoms with Gasteiger partial charge in [0.25, 0.3) is 0 Å². The number of rotatable bonds is 8. The maximum absolute atomic E-state index is 12.5. The third-order valence-electron chi connectivity index (χ3n) is 3.94. The zero-order valence-electron chi connectivity index (χ0n) is 16.2. The molecule has 1 N–H and O–H groups in total. The number of anilines is 1. The van der Waals surface area contributed by atoms with E-state index in [2.05, 4.69) is 15.5 Å². The van der Waals surface area contributed by atoms with E-state index >= 15 is 0 Å². The van der Waals surface area contributed by atoms with Gasteiger partial charge < -0.3 is 19.4 Å². The van der Waals surface area contributed by atoms with E-state index in [-0.39, 0.29) is 23.6 Å². The number of methoxy groups -OCH3 is 2. The van der Waals surface area contributed by atoms with Crippen LogP contribution in [0.4, 0.5) is 5.69 Å². The Morgan fingerprint density at radius 2 is 1.97 bits per heavy atom. The van der Waals surface area contributed by atoms with E-state index < -0.39 is 0 Å². The number of amides is 1. The number of nitrogens with one attached hydrogen (secondary N) is 1. The van der Waals surface area contributed by atoms with Crippen molar-refractivity contribution >= 4 is 34.7 Å². The second kappa shape index (κ2) is 9.57. The second-order valence-electron chi connectivity index (χ2n) is 5.98. The molecule has 0 spiro atoms. The average molecular weight is 433 g/mol. The Kier molecular flexibility index (Phi) is 6.89. The van der Waals surface area contributed by atoms with Gasteiger partial charge in [0.1, 0.15) is 17.3 Å². The first-order valence-electron chi connectivity index (χ1n) is 8.62. The van der Waals surface area contributed by atoms with Crippen molar-refractivity contribution in [3.63, 3.8) is 0 Å². The van der Waals surface area contributed by atoms with E-state index in [1.54, 1.807) is 42.1 Å². The number of pyridine rings is 1. The Balaban J connectivity index is 1.76. The minimum absolute atomic E-state index is 0.0354. The quantitative estimate of drug-likeness (QED) is 0.547. The van der Waals surface area contributed by atoms with Crippen LogP contribution < -0.4 is 20.2 Å². The second-order valence-corrected chi connectivity index (χ2v) is 8.38. The summed E-state index contributed by atoms with van der Waals surface area (Å²) in [6.07, 6.45) is 1.55. The molecule has 0 unspecified atom stereocenters. The molecule has 1 aromatic carbocycles. The Bertz CT molecular complexity index is 1050. The first kappa shape index (κ1) is 20.9. The molecule has 0 bridgehead atoms. The summed E-state index contributed by atoms with van der Waals surface area (Å²) >= 11 is 2.95. The van der Waals surface area contributed by atoms with Crippen molar-refractivity contribution in [2.24, 2.45) is 0 Å². The van der Waals surface area contributed by atoms with Crippen molar-refractivity contribution in [1.82, 2.24) is 14.8 Å². The van der Waals surface area contributed by atoms with E-state index in [9.17, 15) is 9.59 Å². The molecule has 0 fully saturated rings. The Morgan fingerprint density at radius 1 is 1.21 bits per heavy atom. The van der Waals surface area contributed by atoms with Crippen LogP contribution in [0.25, 0.3) is 0 Å². The highest BCUT2D eigenvalue weighted by Crippen LogP contribution is 2.25. The van der Waals surface area contributed by atoms with Gasteiger partial charge in [-0.2, -0.15) is 0 Å². The van der Waals surface area contributed by atoms with Gasteiger partial charge in [-0.1, -0.05) is 23.1 Å². The van der Waals surface area contributed by atoms with Crippen LogP contribution in [-0.4, -0.2) is 34.9 Å².